The van der Waals surface area contributed by atoms with Crippen LogP contribution in [0.4, 0.5) is 0 Å². The molecule has 0 N–H and O–H groups in total. The molecule has 0 atom stereocenters. The summed E-state index contributed by atoms with van der Waals surface area (Å²) in [6.07, 6.45) is 0. The minimum absolute atomic E-state index is 0.731. The van der Waals surface area contributed by atoms with Gasteiger partial charge in [-0.2, -0.15) is 0 Å². The minimum Gasteiger partial charge on any atom is -0.219 e. The van der Waals surface area contributed by atoms with Gasteiger partial charge in [0.2, 0.25) is 0 Å². The van der Waals surface area contributed by atoms with Crippen LogP contribution in [-0.2, 0) is 0 Å². The maximum Gasteiger partial charge on any atom is 0.163 e. The van der Waals surface area contributed by atoms with Crippen LogP contribution in [0.25, 0.3) is 22.5 Å². The fourth-order valence-corrected chi connectivity index (χ4v) is 2.41. The maximum absolute atomic E-state index is 4.43. The molecule has 2 aromatic carbocycles. The first-order valence-corrected chi connectivity index (χ1v) is 8.98. The number of benzene rings is 2. The third-order valence-electron chi connectivity index (χ3n) is 3.33. The van der Waals surface area contributed by atoms with Gasteiger partial charge in [0.15, 0.2) is 5.82 Å². The van der Waals surface area contributed by atoms with E-state index in [-0.39, 0.29) is 0 Å². The highest BCUT2D eigenvalue weighted by Gasteiger charge is 2.06. The molecule has 0 aliphatic carbocycles. The van der Waals surface area contributed by atoms with Gasteiger partial charge in [-0.1, -0.05) is 75.7 Å². The molecule has 3 aromatic rings. The monoisotopic (exact) mass is 335 g/mol. The lowest BCUT2D eigenvalue weighted by atomic mass is 10.0. The molecule has 0 saturated heterocycles. The summed E-state index contributed by atoms with van der Waals surface area (Å²) >= 11 is 0. The van der Waals surface area contributed by atoms with Crippen LogP contribution in [0.3, 0.4) is 0 Å². The van der Waals surface area contributed by atoms with Gasteiger partial charge in [-0.15, -0.1) is 0 Å². The number of hydrogen-bond donors (Lipinski definition) is 0. The summed E-state index contributed by atoms with van der Waals surface area (Å²) in [5.41, 5.74) is 4.65. The van der Waals surface area contributed by atoms with Gasteiger partial charge in [0.05, 0.1) is 0 Å². The molecule has 0 aliphatic heterocycles. The van der Waals surface area contributed by atoms with E-state index in [9.17, 15) is 0 Å². The number of rotatable bonds is 2. The van der Waals surface area contributed by atoms with Crippen molar-refractivity contribution in [1.82, 2.24) is 15.0 Å². The maximum atomic E-state index is 4.43. The fourth-order valence-electron chi connectivity index (χ4n) is 2.41. The zero-order valence-electron chi connectivity index (χ0n) is 16.5. The Hall–Kier alpha value is -2.55. The number of aromatic nitrogens is 3. The molecule has 3 rings (SSSR count). The van der Waals surface area contributed by atoms with Crippen LogP contribution in [-0.4, -0.2) is 15.0 Å². The lowest BCUT2D eigenvalue weighted by molar-refractivity contribution is 0.928. The van der Waals surface area contributed by atoms with Gasteiger partial charge in [0, 0.05) is 5.56 Å². The highest BCUT2D eigenvalue weighted by atomic mass is 15.0. The molecule has 0 bridgehead atoms. The lowest BCUT2D eigenvalue weighted by Crippen LogP contribution is -1.98. The smallest absolute Gasteiger partial charge is 0.163 e. The van der Waals surface area contributed by atoms with Gasteiger partial charge in [0.1, 0.15) is 11.6 Å². The Morgan fingerprint density at radius 3 is 1.60 bits per heavy atom. The van der Waals surface area contributed by atoms with Crippen LogP contribution >= 0.6 is 0 Å². The molecule has 1 aromatic heterocycles. The molecule has 0 radical (unpaired) electrons. The molecule has 3 heteroatoms. The molecule has 0 aliphatic rings. The Morgan fingerprint density at radius 1 is 0.560 bits per heavy atom. The average Bonchev–Trinajstić information content (AvgIpc) is 2.64. The third kappa shape index (κ3) is 5.79. The standard InChI is InChI=1S/C18H17N3.2C2H6/c1-12-6-4-7-15(10-12)16-8-5-9-17(11-16)18-20-13(2)19-14(3)21-18;2*1-2/h4-11H,1-3H3;2*1-2H3. The normalized spacial score (nSPS) is 9.40. The van der Waals surface area contributed by atoms with E-state index in [0.29, 0.717) is 0 Å². The van der Waals surface area contributed by atoms with Crippen molar-refractivity contribution in [3.63, 3.8) is 0 Å². The van der Waals surface area contributed by atoms with Crippen molar-refractivity contribution in [2.75, 3.05) is 0 Å². The van der Waals surface area contributed by atoms with Gasteiger partial charge < -0.3 is 0 Å². The highest BCUT2D eigenvalue weighted by Crippen LogP contribution is 2.25. The van der Waals surface area contributed by atoms with E-state index in [1.54, 1.807) is 0 Å². The van der Waals surface area contributed by atoms with E-state index >= 15 is 0 Å². The van der Waals surface area contributed by atoms with Gasteiger partial charge in [-0.3, -0.25) is 0 Å². The quantitative estimate of drug-likeness (QED) is 0.561. The second-order valence-corrected chi connectivity index (χ2v) is 5.20. The molecule has 0 saturated carbocycles. The molecule has 132 valence electrons. The highest BCUT2D eigenvalue weighted by molar-refractivity contribution is 5.70. The summed E-state index contributed by atoms with van der Waals surface area (Å²) in [5, 5.41) is 0. The molecule has 0 unspecified atom stereocenters. The van der Waals surface area contributed by atoms with E-state index < -0.39 is 0 Å². The second-order valence-electron chi connectivity index (χ2n) is 5.20. The molecule has 0 fully saturated rings. The zero-order chi connectivity index (χ0) is 18.8. The second kappa shape index (κ2) is 10.3. The van der Waals surface area contributed by atoms with Crippen LogP contribution in [0, 0.1) is 20.8 Å². The zero-order valence-corrected chi connectivity index (χ0v) is 16.5. The number of hydrogen-bond acceptors (Lipinski definition) is 3. The van der Waals surface area contributed by atoms with Gasteiger partial charge in [-0.05, 0) is 38.0 Å². The predicted octanol–water partition coefficient (Wildman–Crippen LogP) is 6.18. The van der Waals surface area contributed by atoms with E-state index in [1.807, 2.05) is 53.7 Å². The summed E-state index contributed by atoms with van der Waals surface area (Å²) in [6.45, 7) is 13.9. The first kappa shape index (κ1) is 20.5. The molecular weight excluding hydrogens is 306 g/mol. The molecule has 0 spiro atoms. The lowest BCUT2D eigenvalue weighted by Gasteiger charge is -2.07. The first-order valence-electron chi connectivity index (χ1n) is 8.98. The van der Waals surface area contributed by atoms with Crippen LogP contribution in [0.5, 0.6) is 0 Å². The van der Waals surface area contributed by atoms with Crippen molar-refractivity contribution < 1.29 is 0 Å². The van der Waals surface area contributed by atoms with Crippen LogP contribution in [0.15, 0.2) is 48.5 Å². The van der Waals surface area contributed by atoms with Gasteiger partial charge >= 0.3 is 0 Å². The SMILES string of the molecule is CC.CC.Cc1cccc(-c2cccc(-c3nc(C)nc(C)n3)c2)c1. The van der Waals surface area contributed by atoms with Crippen molar-refractivity contribution in [2.24, 2.45) is 0 Å². The molecule has 25 heavy (non-hydrogen) atoms. The fraction of sp³-hybridized carbons (Fsp3) is 0.318. The van der Waals surface area contributed by atoms with Gasteiger partial charge in [-0.25, -0.2) is 15.0 Å². The van der Waals surface area contributed by atoms with Crippen molar-refractivity contribution in [1.29, 1.82) is 0 Å². The van der Waals surface area contributed by atoms with E-state index in [0.717, 1.165) is 23.0 Å². The third-order valence-corrected chi connectivity index (χ3v) is 3.33. The Bertz CT molecular complexity index is 775. The summed E-state index contributed by atoms with van der Waals surface area (Å²) in [4.78, 5) is 13.1. The van der Waals surface area contributed by atoms with Crippen molar-refractivity contribution in [3.05, 3.63) is 65.7 Å². The molecule has 1 heterocycles. The predicted molar refractivity (Wildman–Crippen MR) is 108 cm³/mol. The van der Waals surface area contributed by atoms with Crippen LogP contribution in [0.2, 0.25) is 0 Å². The molecule has 3 nitrogen and oxygen atoms in total. The molecule has 0 amide bonds. The largest absolute Gasteiger partial charge is 0.219 e. The van der Waals surface area contributed by atoms with E-state index in [2.05, 4.69) is 58.3 Å². The summed E-state index contributed by atoms with van der Waals surface area (Å²) in [5.74, 6) is 2.23. The van der Waals surface area contributed by atoms with Crippen LogP contribution < -0.4 is 0 Å². The first-order chi connectivity index (χ1) is 12.1. The van der Waals surface area contributed by atoms with E-state index in [4.69, 9.17) is 0 Å². The van der Waals surface area contributed by atoms with Crippen molar-refractivity contribution >= 4 is 0 Å². The van der Waals surface area contributed by atoms with Gasteiger partial charge in [0.25, 0.3) is 0 Å². The minimum atomic E-state index is 0.731. The Balaban J connectivity index is 0.000000730. The van der Waals surface area contributed by atoms with Crippen LogP contribution in [0.1, 0.15) is 44.9 Å². The van der Waals surface area contributed by atoms with Crippen molar-refractivity contribution in [3.8, 4) is 22.5 Å². The Kier molecular flexibility index (Phi) is 8.48. The number of nitrogens with zero attached hydrogens (tertiary/aromatic N) is 3. The topological polar surface area (TPSA) is 38.7 Å². The van der Waals surface area contributed by atoms with Crippen molar-refractivity contribution in [2.45, 2.75) is 48.5 Å². The molecular formula is C22H29N3. The number of aryl methyl sites for hydroxylation is 3. The Labute approximate surface area is 152 Å². The summed E-state index contributed by atoms with van der Waals surface area (Å²) in [6, 6.07) is 16.8. The summed E-state index contributed by atoms with van der Waals surface area (Å²) < 4.78 is 0. The Morgan fingerprint density at radius 2 is 1.04 bits per heavy atom. The average molecular weight is 335 g/mol. The van der Waals surface area contributed by atoms with E-state index in [1.165, 1.54) is 16.7 Å². The summed E-state index contributed by atoms with van der Waals surface area (Å²) in [7, 11) is 0.